The van der Waals surface area contributed by atoms with Gasteiger partial charge in [-0.3, -0.25) is 0 Å². The van der Waals surface area contributed by atoms with Crippen LogP contribution in [0.3, 0.4) is 0 Å². The molecule has 0 aliphatic rings. The predicted octanol–water partition coefficient (Wildman–Crippen LogP) is 2.19. The van der Waals surface area contributed by atoms with Crippen LogP contribution in [0, 0.1) is 0 Å². The highest BCUT2D eigenvalue weighted by molar-refractivity contribution is 7.90. The van der Waals surface area contributed by atoms with Crippen molar-refractivity contribution < 1.29 is 8.42 Å². The van der Waals surface area contributed by atoms with E-state index in [9.17, 15) is 8.42 Å². The molecule has 1 aromatic heterocycles. The Morgan fingerprint density at radius 2 is 2.00 bits per heavy atom. The van der Waals surface area contributed by atoms with Crippen LogP contribution >= 0.6 is 11.3 Å². The number of thiophene rings is 1. The van der Waals surface area contributed by atoms with E-state index in [1.54, 1.807) is 11.3 Å². The first kappa shape index (κ1) is 19.0. The Morgan fingerprint density at radius 3 is 2.55 bits per heavy atom. The summed E-state index contributed by atoms with van der Waals surface area (Å²) in [6.45, 7) is 7.54. The lowest BCUT2D eigenvalue weighted by molar-refractivity contribution is 0.581. The van der Waals surface area contributed by atoms with Crippen molar-refractivity contribution in [1.29, 1.82) is 0 Å². The molecule has 1 aromatic rings. The average Bonchev–Trinajstić information content (AvgIpc) is 2.90. The maximum absolute atomic E-state index is 11.2. The Hall–Kier alpha value is -1.08. The first-order chi connectivity index (χ1) is 10.3. The maximum atomic E-state index is 11.2. The lowest BCUT2D eigenvalue weighted by atomic mass is 10.3. The lowest BCUT2D eigenvalue weighted by Gasteiger charge is -2.17. The molecule has 0 fully saturated rings. The summed E-state index contributed by atoms with van der Waals surface area (Å²) in [6.07, 6.45) is 2.89. The number of rotatable bonds is 8. The first-order valence-corrected chi connectivity index (χ1v) is 10.5. The summed E-state index contributed by atoms with van der Waals surface area (Å²) in [6, 6.07) is 4.32. The Morgan fingerprint density at radius 1 is 1.32 bits per heavy atom. The van der Waals surface area contributed by atoms with Crippen LogP contribution in [0.15, 0.2) is 17.1 Å². The molecule has 0 amide bonds. The molecule has 1 atom stereocenters. The molecule has 0 aromatic carbocycles. The summed E-state index contributed by atoms with van der Waals surface area (Å²) < 4.78 is 22.4. The van der Waals surface area contributed by atoms with Crippen molar-refractivity contribution in [2.45, 2.75) is 46.2 Å². The highest BCUT2D eigenvalue weighted by Gasteiger charge is 2.09. The van der Waals surface area contributed by atoms with E-state index < -0.39 is 9.84 Å². The third kappa shape index (κ3) is 7.79. The number of aliphatic imine (C=N–C) groups is 1. The molecule has 22 heavy (non-hydrogen) atoms. The zero-order chi connectivity index (χ0) is 16.6. The van der Waals surface area contributed by atoms with Gasteiger partial charge >= 0.3 is 0 Å². The summed E-state index contributed by atoms with van der Waals surface area (Å²) in [4.78, 5) is 7.17. The molecule has 0 radical (unpaired) electrons. The molecule has 0 saturated heterocycles. The Kier molecular flexibility index (Phi) is 7.89. The van der Waals surface area contributed by atoms with Crippen molar-refractivity contribution in [3.05, 3.63) is 21.9 Å². The van der Waals surface area contributed by atoms with Crippen molar-refractivity contribution in [2.75, 3.05) is 18.6 Å². The van der Waals surface area contributed by atoms with Crippen LogP contribution in [-0.4, -0.2) is 39.0 Å². The van der Waals surface area contributed by atoms with Gasteiger partial charge in [0.25, 0.3) is 0 Å². The van der Waals surface area contributed by atoms with Crippen LogP contribution < -0.4 is 10.6 Å². The van der Waals surface area contributed by atoms with Gasteiger partial charge in [-0.1, -0.05) is 6.92 Å². The van der Waals surface area contributed by atoms with Gasteiger partial charge in [-0.05, 0) is 38.8 Å². The van der Waals surface area contributed by atoms with E-state index in [1.165, 1.54) is 16.0 Å². The van der Waals surface area contributed by atoms with Crippen LogP contribution in [-0.2, 0) is 22.8 Å². The molecular formula is C15H27N3O2S2. The first-order valence-electron chi connectivity index (χ1n) is 7.64. The smallest absolute Gasteiger partial charge is 0.191 e. The molecule has 0 aliphatic carbocycles. The molecule has 0 spiro atoms. The predicted molar refractivity (Wildman–Crippen MR) is 95.4 cm³/mol. The topological polar surface area (TPSA) is 70.6 Å². The maximum Gasteiger partial charge on any atom is 0.191 e. The van der Waals surface area contributed by atoms with Crippen molar-refractivity contribution in [1.82, 2.24) is 10.6 Å². The fourth-order valence-corrected chi connectivity index (χ4v) is 3.53. The van der Waals surface area contributed by atoms with E-state index in [0.717, 1.165) is 18.9 Å². The zero-order valence-electron chi connectivity index (χ0n) is 13.8. The number of hydrogen-bond donors (Lipinski definition) is 2. The lowest BCUT2D eigenvalue weighted by Crippen LogP contribution is -2.42. The van der Waals surface area contributed by atoms with Crippen molar-refractivity contribution in [3.63, 3.8) is 0 Å². The molecule has 0 aliphatic heterocycles. The molecule has 5 nitrogen and oxygen atoms in total. The number of guanidine groups is 1. The van der Waals surface area contributed by atoms with E-state index in [-0.39, 0.29) is 11.8 Å². The summed E-state index contributed by atoms with van der Waals surface area (Å²) in [7, 11) is -2.92. The van der Waals surface area contributed by atoms with Gasteiger partial charge < -0.3 is 10.6 Å². The van der Waals surface area contributed by atoms with Crippen molar-refractivity contribution in [3.8, 4) is 0 Å². The van der Waals surface area contributed by atoms with Crippen LogP contribution in [0.2, 0.25) is 0 Å². The minimum Gasteiger partial charge on any atom is -0.357 e. The minimum atomic E-state index is -2.92. The summed E-state index contributed by atoms with van der Waals surface area (Å²) in [5.41, 5.74) is 0. The highest BCUT2D eigenvalue weighted by atomic mass is 32.2. The fraction of sp³-hybridized carbons (Fsp3) is 0.667. The van der Waals surface area contributed by atoms with Gasteiger partial charge in [0.2, 0.25) is 0 Å². The second kappa shape index (κ2) is 9.15. The fourth-order valence-electron chi connectivity index (χ4n) is 1.87. The van der Waals surface area contributed by atoms with E-state index in [2.05, 4.69) is 34.7 Å². The third-order valence-corrected chi connectivity index (χ3v) is 5.30. The second-order valence-electron chi connectivity index (χ2n) is 5.38. The number of aryl methyl sites for hydroxylation is 1. The van der Waals surface area contributed by atoms with Gasteiger partial charge in [-0.2, -0.15) is 0 Å². The number of hydrogen-bond acceptors (Lipinski definition) is 4. The largest absolute Gasteiger partial charge is 0.357 e. The van der Waals surface area contributed by atoms with Gasteiger partial charge in [-0.15, -0.1) is 11.3 Å². The van der Waals surface area contributed by atoms with Crippen molar-refractivity contribution >= 4 is 27.1 Å². The molecule has 1 rings (SSSR count). The SMILES string of the molecule is CCNC(=NCc1ccc(CC)s1)NC(C)CCS(C)(=O)=O. The van der Waals surface area contributed by atoms with E-state index in [1.807, 2.05) is 13.8 Å². The Labute approximate surface area is 138 Å². The molecule has 1 unspecified atom stereocenters. The summed E-state index contributed by atoms with van der Waals surface area (Å²) >= 11 is 1.78. The van der Waals surface area contributed by atoms with Crippen LogP contribution in [0.5, 0.6) is 0 Å². The van der Waals surface area contributed by atoms with E-state index in [4.69, 9.17) is 0 Å². The molecule has 126 valence electrons. The van der Waals surface area contributed by atoms with Gasteiger partial charge in [-0.25, -0.2) is 13.4 Å². The normalized spacial score (nSPS) is 13.9. The highest BCUT2D eigenvalue weighted by Crippen LogP contribution is 2.17. The number of nitrogens with zero attached hydrogens (tertiary/aromatic N) is 1. The molecule has 1 heterocycles. The molecular weight excluding hydrogens is 318 g/mol. The summed E-state index contributed by atoms with van der Waals surface area (Å²) in [5.74, 6) is 0.917. The number of nitrogens with one attached hydrogen (secondary N) is 2. The quantitative estimate of drug-likeness (QED) is 0.560. The molecule has 7 heteroatoms. The molecule has 2 N–H and O–H groups in total. The van der Waals surface area contributed by atoms with Gasteiger partial charge in [0.1, 0.15) is 9.84 Å². The van der Waals surface area contributed by atoms with Gasteiger partial charge in [0.05, 0.1) is 12.3 Å². The van der Waals surface area contributed by atoms with Gasteiger partial charge in [0.15, 0.2) is 5.96 Å². The van der Waals surface area contributed by atoms with Crippen LogP contribution in [0.4, 0.5) is 0 Å². The molecule has 0 bridgehead atoms. The Balaban J connectivity index is 2.57. The van der Waals surface area contributed by atoms with Crippen LogP contribution in [0.1, 0.15) is 36.9 Å². The second-order valence-corrected chi connectivity index (χ2v) is 8.89. The average molecular weight is 346 g/mol. The molecule has 0 saturated carbocycles. The standard InChI is InChI=1S/C15H27N3O2S2/c1-5-13-7-8-14(21-13)11-17-15(16-6-2)18-12(3)9-10-22(4,19)20/h7-8,12H,5-6,9-11H2,1-4H3,(H2,16,17,18). The van der Waals surface area contributed by atoms with Crippen LogP contribution in [0.25, 0.3) is 0 Å². The monoisotopic (exact) mass is 345 g/mol. The number of sulfone groups is 1. The van der Waals surface area contributed by atoms with E-state index >= 15 is 0 Å². The van der Waals surface area contributed by atoms with Gasteiger partial charge in [0, 0.05) is 28.6 Å². The minimum absolute atomic E-state index is 0.0575. The van der Waals surface area contributed by atoms with Crippen molar-refractivity contribution in [2.24, 2.45) is 4.99 Å². The third-order valence-electron chi connectivity index (χ3n) is 3.11. The van der Waals surface area contributed by atoms with E-state index in [0.29, 0.717) is 13.0 Å². The Bertz CT molecular complexity index is 579. The zero-order valence-corrected chi connectivity index (χ0v) is 15.5. The summed E-state index contributed by atoms with van der Waals surface area (Å²) in [5, 5.41) is 6.46.